The van der Waals surface area contributed by atoms with Crippen LogP contribution in [0, 0.1) is 6.92 Å². The van der Waals surface area contributed by atoms with E-state index in [0.717, 1.165) is 31.5 Å². The number of halogens is 1. The number of aromatic nitrogens is 1. The quantitative estimate of drug-likeness (QED) is 0.751. The minimum absolute atomic E-state index is 0.0266. The predicted molar refractivity (Wildman–Crippen MR) is 110 cm³/mol. The van der Waals surface area contributed by atoms with Gasteiger partial charge in [0.25, 0.3) is 5.91 Å². The lowest BCUT2D eigenvalue weighted by Gasteiger charge is -2.16. The van der Waals surface area contributed by atoms with Gasteiger partial charge < -0.3 is 10.2 Å². The molecule has 0 radical (unpaired) electrons. The number of nitrogens with zero attached hydrogens (tertiary/aromatic N) is 2. The SMILES string of the molecule is Cc1c(Cl)cccc1NC(=O)C(C)Sc1ccc(C(=O)N2CCCC2)cn1. The maximum atomic E-state index is 12.5. The van der Waals surface area contributed by atoms with E-state index in [0.29, 0.717) is 21.3 Å². The molecule has 1 aromatic carbocycles. The van der Waals surface area contributed by atoms with E-state index >= 15 is 0 Å². The molecule has 0 spiro atoms. The van der Waals surface area contributed by atoms with Gasteiger partial charge in [-0.25, -0.2) is 4.98 Å². The van der Waals surface area contributed by atoms with Gasteiger partial charge in [-0.3, -0.25) is 9.59 Å². The van der Waals surface area contributed by atoms with E-state index < -0.39 is 0 Å². The largest absolute Gasteiger partial charge is 0.339 e. The fourth-order valence-corrected chi connectivity index (χ4v) is 3.85. The zero-order chi connectivity index (χ0) is 19.4. The molecule has 2 heterocycles. The molecule has 0 aliphatic carbocycles. The van der Waals surface area contributed by atoms with E-state index in [1.807, 2.05) is 24.8 Å². The molecule has 27 heavy (non-hydrogen) atoms. The molecule has 1 fully saturated rings. The Kier molecular flexibility index (Phi) is 6.39. The molecule has 3 rings (SSSR count). The molecule has 2 aromatic rings. The zero-order valence-electron chi connectivity index (χ0n) is 15.4. The number of carbonyl (C=O) groups excluding carboxylic acids is 2. The Morgan fingerprint density at radius 1 is 1.22 bits per heavy atom. The molecule has 1 aromatic heterocycles. The molecule has 1 saturated heterocycles. The molecule has 0 bridgehead atoms. The molecule has 5 nitrogen and oxygen atoms in total. The van der Waals surface area contributed by atoms with Crippen LogP contribution in [-0.2, 0) is 4.79 Å². The summed E-state index contributed by atoms with van der Waals surface area (Å²) in [5.41, 5.74) is 2.14. The molecule has 142 valence electrons. The van der Waals surface area contributed by atoms with Crippen LogP contribution in [0.15, 0.2) is 41.6 Å². The molecule has 1 atom stereocenters. The van der Waals surface area contributed by atoms with Crippen molar-refractivity contribution >= 4 is 40.9 Å². The summed E-state index contributed by atoms with van der Waals surface area (Å²) >= 11 is 7.45. The predicted octanol–water partition coefficient (Wildman–Crippen LogP) is 4.40. The Labute approximate surface area is 168 Å². The number of nitrogens with one attached hydrogen (secondary N) is 1. The second-order valence-electron chi connectivity index (χ2n) is 6.55. The van der Waals surface area contributed by atoms with Crippen LogP contribution in [0.5, 0.6) is 0 Å². The standard InChI is InChI=1S/C20H22ClN3O2S/c1-13-16(21)6-5-7-17(13)23-19(25)14(2)27-18-9-8-15(12-22-18)20(26)24-10-3-4-11-24/h5-9,12,14H,3-4,10-11H2,1-2H3,(H,23,25). The highest BCUT2D eigenvalue weighted by atomic mass is 35.5. The van der Waals surface area contributed by atoms with Crippen molar-refractivity contribution in [1.82, 2.24) is 9.88 Å². The van der Waals surface area contributed by atoms with Crippen molar-refractivity contribution in [2.45, 2.75) is 37.0 Å². The highest BCUT2D eigenvalue weighted by Crippen LogP contribution is 2.26. The number of likely N-dealkylation sites (tertiary alicyclic amines) is 1. The molecule has 1 aliphatic rings. The van der Waals surface area contributed by atoms with E-state index in [-0.39, 0.29) is 17.1 Å². The number of anilines is 1. The summed E-state index contributed by atoms with van der Waals surface area (Å²) in [6.45, 7) is 5.32. The Morgan fingerprint density at radius 3 is 2.63 bits per heavy atom. The van der Waals surface area contributed by atoms with Gasteiger partial charge in [-0.1, -0.05) is 29.4 Å². The third-order valence-electron chi connectivity index (χ3n) is 4.57. The van der Waals surface area contributed by atoms with Crippen molar-refractivity contribution in [3.05, 3.63) is 52.7 Å². The third kappa shape index (κ3) is 4.82. The van der Waals surface area contributed by atoms with Crippen molar-refractivity contribution in [2.24, 2.45) is 0 Å². The molecule has 1 N–H and O–H groups in total. The van der Waals surface area contributed by atoms with Gasteiger partial charge in [0, 0.05) is 30.0 Å². The lowest BCUT2D eigenvalue weighted by atomic mass is 10.2. The fraction of sp³-hybridized carbons (Fsp3) is 0.350. The first-order valence-electron chi connectivity index (χ1n) is 8.93. The average Bonchev–Trinajstić information content (AvgIpc) is 3.20. The van der Waals surface area contributed by atoms with Gasteiger partial charge in [-0.15, -0.1) is 0 Å². The van der Waals surface area contributed by atoms with Crippen molar-refractivity contribution in [3.8, 4) is 0 Å². The number of pyridine rings is 1. The first kappa shape index (κ1) is 19.7. The van der Waals surface area contributed by atoms with Crippen molar-refractivity contribution in [1.29, 1.82) is 0 Å². The Bertz CT molecular complexity index is 836. The van der Waals surface area contributed by atoms with Crippen LogP contribution in [0.1, 0.15) is 35.7 Å². The van der Waals surface area contributed by atoms with Crippen LogP contribution in [-0.4, -0.2) is 40.0 Å². The normalized spacial score (nSPS) is 14.9. The monoisotopic (exact) mass is 403 g/mol. The first-order valence-corrected chi connectivity index (χ1v) is 10.2. The smallest absolute Gasteiger partial charge is 0.255 e. The van der Waals surface area contributed by atoms with Crippen LogP contribution in [0.4, 0.5) is 5.69 Å². The van der Waals surface area contributed by atoms with Gasteiger partial charge in [-0.2, -0.15) is 0 Å². The molecular weight excluding hydrogens is 382 g/mol. The van der Waals surface area contributed by atoms with Crippen LogP contribution in [0.3, 0.4) is 0 Å². The lowest BCUT2D eigenvalue weighted by molar-refractivity contribution is -0.115. The van der Waals surface area contributed by atoms with E-state index in [2.05, 4.69) is 10.3 Å². The van der Waals surface area contributed by atoms with Gasteiger partial charge >= 0.3 is 0 Å². The highest BCUT2D eigenvalue weighted by molar-refractivity contribution is 8.00. The molecular formula is C20H22ClN3O2S. The maximum absolute atomic E-state index is 12.5. The van der Waals surface area contributed by atoms with Gasteiger partial charge in [0.15, 0.2) is 0 Å². The lowest BCUT2D eigenvalue weighted by Crippen LogP contribution is -2.27. The Hall–Kier alpha value is -2.05. The van der Waals surface area contributed by atoms with Gasteiger partial charge in [0.05, 0.1) is 15.8 Å². The first-order chi connectivity index (χ1) is 13.0. The van der Waals surface area contributed by atoms with E-state index in [4.69, 9.17) is 11.6 Å². The van der Waals surface area contributed by atoms with Gasteiger partial charge in [0.2, 0.25) is 5.91 Å². The molecule has 7 heteroatoms. The summed E-state index contributed by atoms with van der Waals surface area (Å²) in [6.07, 6.45) is 3.71. The number of carbonyl (C=O) groups is 2. The fourth-order valence-electron chi connectivity index (χ4n) is 2.89. The Morgan fingerprint density at radius 2 is 1.96 bits per heavy atom. The maximum Gasteiger partial charge on any atom is 0.255 e. The molecule has 1 unspecified atom stereocenters. The number of hydrogen-bond acceptors (Lipinski definition) is 4. The minimum Gasteiger partial charge on any atom is -0.339 e. The summed E-state index contributed by atoms with van der Waals surface area (Å²) in [4.78, 5) is 31.0. The van der Waals surface area contributed by atoms with Gasteiger partial charge in [0.1, 0.15) is 0 Å². The minimum atomic E-state index is -0.337. The number of hydrogen-bond donors (Lipinski definition) is 1. The van der Waals surface area contributed by atoms with Crippen LogP contribution in [0.25, 0.3) is 0 Å². The summed E-state index contributed by atoms with van der Waals surface area (Å²) < 4.78 is 0. The number of amides is 2. The molecule has 1 aliphatic heterocycles. The highest BCUT2D eigenvalue weighted by Gasteiger charge is 2.20. The van der Waals surface area contributed by atoms with E-state index in [1.165, 1.54) is 11.8 Å². The average molecular weight is 404 g/mol. The summed E-state index contributed by atoms with van der Waals surface area (Å²) in [5, 5.41) is 3.89. The van der Waals surface area contributed by atoms with Crippen LogP contribution in [0.2, 0.25) is 5.02 Å². The number of benzene rings is 1. The Balaban J connectivity index is 1.60. The molecule has 0 saturated carbocycles. The zero-order valence-corrected chi connectivity index (χ0v) is 16.9. The van der Waals surface area contributed by atoms with Gasteiger partial charge in [-0.05, 0) is 56.5 Å². The van der Waals surface area contributed by atoms with E-state index in [1.54, 1.807) is 30.5 Å². The van der Waals surface area contributed by atoms with Crippen LogP contribution < -0.4 is 5.32 Å². The summed E-state index contributed by atoms with van der Waals surface area (Å²) in [5.74, 6) is -0.0943. The summed E-state index contributed by atoms with van der Waals surface area (Å²) in [6, 6.07) is 9.00. The summed E-state index contributed by atoms with van der Waals surface area (Å²) in [7, 11) is 0. The topological polar surface area (TPSA) is 62.3 Å². The molecule has 2 amide bonds. The number of thioether (sulfide) groups is 1. The van der Waals surface area contributed by atoms with Crippen molar-refractivity contribution in [2.75, 3.05) is 18.4 Å². The number of rotatable bonds is 5. The van der Waals surface area contributed by atoms with E-state index in [9.17, 15) is 9.59 Å². The second-order valence-corrected chi connectivity index (χ2v) is 8.31. The third-order valence-corrected chi connectivity index (χ3v) is 6.03. The van der Waals surface area contributed by atoms with Crippen molar-refractivity contribution < 1.29 is 9.59 Å². The second kappa shape index (κ2) is 8.76. The van der Waals surface area contributed by atoms with Crippen LogP contribution >= 0.6 is 23.4 Å². The van der Waals surface area contributed by atoms with Crippen molar-refractivity contribution in [3.63, 3.8) is 0 Å².